The molecule has 0 bridgehead atoms. The van der Waals surface area contributed by atoms with E-state index in [1.54, 1.807) is 0 Å². The average molecular weight is 250 g/mol. The van der Waals surface area contributed by atoms with E-state index < -0.39 is 0 Å². The highest BCUT2D eigenvalue weighted by molar-refractivity contribution is 5.10. The van der Waals surface area contributed by atoms with E-state index in [9.17, 15) is 0 Å². The summed E-state index contributed by atoms with van der Waals surface area (Å²) in [6.45, 7) is 7.62. The normalized spacial score (nSPS) is 18.7. The van der Waals surface area contributed by atoms with E-state index >= 15 is 0 Å². The van der Waals surface area contributed by atoms with Crippen LogP contribution in [0, 0.1) is 5.92 Å². The Bertz CT molecular complexity index is 375. The van der Waals surface area contributed by atoms with E-state index in [1.807, 2.05) is 11.7 Å². The number of nitrogens with two attached hydrogens (primary N) is 1. The van der Waals surface area contributed by atoms with Gasteiger partial charge >= 0.3 is 0 Å². The molecule has 18 heavy (non-hydrogen) atoms. The maximum atomic E-state index is 5.68. The molecule has 0 atom stereocenters. The van der Waals surface area contributed by atoms with Crippen LogP contribution in [0.1, 0.15) is 38.1 Å². The lowest BCUT2D eigenvalue weighted by Crippen LogP contribution is -2.38. The Kier molecular flexibility index (Phi) is 4.40. The Labute approximate surface area is 110 Å². The number of likely N-dealkylation sites (tertiary alicyclic amines) is 1. The lowest BCUT2D eigenvalue weighted by molar-refractivity contribution is 0.149. The highest BCUT2D eigenvalue weighted by atomic mass is 15.3. The smallest absolute Gasteiger partial charge is 0.0630 e. The summed E-state index contributed by atoms with van der Waals surface area (Å²) in [5.74, 6) is 0.792. The quantitative estimate of drug-likeness (QED) is 0.882. The lowest BCUT2D eigenvalue weighted by atomic mass is 9.91. The van der Waals surface area contributed by atoms with Gasteiger partial charge in [0.2, 0.25) is 0 Å². The van der Waals surface area contributed by atoms with Crippen LogP contribution in [0.3, 0.4) is 0 Å². The fourth-order valence-electron chi connectivity index (χ4n) is 2.83. The zero-order valence-electron chi connectivity index (χ0n) is 11.9. The van der Waals surface area contributed by atoms with Crippen molar-refractivity contribution in [3.8, 4) is 0 Å². The second-order valence-electron chi connectivity index (χ2n) is 5.73. The van der Waals surface area contributed by atoms with Crippen molar-refractivity contribution in [2.45, 2.75) is 45.7 Å². The molecule has 0 spiro atoms. The second kappa shape index (κ2) is 5.85. The first-order valence-corrected chi connectivity index (χ1v) is 7.06. The zero-order chi connectivity index (χ0) is 13.1. The van der Waals surface area contributed by atoms with Crippen LogP contribution in [0.15, 0.2) is 6.07 Å². The van der Waals surface area contributed by atoms with Crippen molar-refractivity contribution >= 4 is 0 Å². The molecule has 1 aliphatic rings. The summed E-state index contributed by atoms with van der Waals surface area (Å²) in [5, 5.41) is 4.55. The van der Waals surface area contributed by atoms with Crippen LogP contribution in [-0.2, 0) is 20.0 Å². The van der Waals surface area contributed by atoms with Gasteiger partial charge in [-0.15, -0.1) is 0 Å². The highest BCUT2D eigenvalue weighted by Crippen LogP contribution is 2.22. The van der Waals surface area contributed by atoms with E-state index in [0.717, 1.165) is 18.0 Å². The third kappa shape index (κ3) is 3.12. The molecule has 0 saturated carbocycles. The Hall–Kier alpha value is -0.870. The SMILES string of the molecule is CC(C)N1CCC(Cc2cc(CN)n(C)n2)CC1. The molecule has 0 amide bonds. The van der Waals surface area contributed by atoms with Gasteiger partial charge < -0.3 is 10.6 Å². The first-order valence-electron chi connectivity index (χ1n) is 7.06. The molecule has 0 radical (unpaired) electrons. The Balaban J connectivity index is 1.87. The number of piperidine rings is 1. The minimum absolute atomic E-state index is 0.579. The van der Waals surface area contributed by atoms with Gasteiger partial charge in [-0.3, -0.25) is 4.68 Å². The minimum Gasteiger partial charge on any atom is -0.325 e. The van der Waals surface area contributed by atoms with E-state index in [1.165, 1.54) is 31.6 Å². The lowest BCUT2D eigenvalue weighted by Gasteiger charge is -2.34. The highest BCUT2D eigenvalue weighted by Gasteiger charge is 2.21. The number of hydrogen-bond acceptors (Lipinski definition) is 3. The number of aryl methyl sites for hydroxylation is 1. The Morgan fingerprint density at radius 3 is 2.56 bits per heavy atom. The van der Waals surface area contributed by atoms with E-state index in [0.29, 0.717) is 12.6 Å². The third-order valence-electron chi connectivity index (χ3n) is 4.11. The van der Waals surface area contributed by atoms with E-state index in [2.05, 4.69) is 29.9 Å². The summed E-state index contributed by atoms with van der Waals surface area (Å²) < 4.78 is 1.92. The molecule has 1 saturated heterocycles. The number of rotatable bonds is 4. The van der Waals surface area contributed by atoms with Crippen molar-refractivity contribution in [3.05, 3.63) is 17.5 Å². The average Bonchev–Trinajstić information content (AvgIpc) is 2.70. The van der Waals surface area contributed by atoms with Crippen LogP contribution in [0.4, 0.5) is 0 Å². The first-order chi connectivity index (χ1) is 8.60. The van der Waals surface area contributed by atoms with Gasteiger partial charge in [0.25, 0.3) is 0 Å². The third-order valence-corrected chi connectivity index (χ3v) is 4.11. The summed E-state index contributed by atoms with van der Waals surface area (Å²) in [4.78, 5) is 2.57. The molecule has 2 rings (SSSR count). The zero-order valence-corrected chi connectivity index (χ0v) is 11.9. The molecular formula is C14H26N4. The Morgan fingerprint density at radius 1 is 1.39 bits per heavy atom. The van der Waals surface area contributed by atoms with Crippen LogP contribution in [0.2, 0.25) is 0 Å². The number of hydrogen-bond donors (Lipinski definition) is 1. The standard InChI is InChI=1S/C14H26N4/c1-11(2)18-6-4-12(5-7-18)8-13-9-14(10-15)17(3)16-13/h9,11-12H,4-8,10,15H2,1-3H3. The maximum Gasteiger partial charge on any atom is 0.0630 e. The molecule has 0 unspecified atom stereocenters. The van der Waals surface area contributed by atoms with Gasteiger partial charge in [-0.25, -0.2) is 0 Å². The monoisotopic (exact) mass is 250 g/mol. The van der Waals surface area contributed by atoms with Crippen molar-refractivity contribution < 1.29 is 0 Å². The van der Waals surface area contributed by atoms with Crippen molar-refractivity contribution in [1.29, 1.82) is 0 Å². The van der Waals surface area contributed by atoms with E-state index in [4.69, 9.17) is 5.73 Å². The van der Waals surface area contributed by atoms with Crippen LogP contribution in [0.25, 0.3) is 0 Å². The van der Waals surface area contributed by atoms with Gasteiger partial charge in [-0.05, 0) is 58.2 Å². The van der Waals surface area contributed by atoms with Gasteiger partial charge in [0.15, 0.2) is 0 Å². The van der Waals surface area contributed by atoms with Gasteiger partial charge in [-0.1, -0.05) is 0 Å². The molecule has 1 fully saturated rings. The summed E-state index contributed by atoms with van der Waals surface area (Å²) in [6.07, 6.45) is 3.71. The predicted octanol–water partition coefficient (Wildman–Crippen LogP) is 1.54. The largest absolute Gasteiger partial charge is 0.325 e. The maximum absolute atomic E-state index is 5.68. The summed E-state index contributed by atoms with van der Waals surface area (Å²) in [6, 6.07) is 2.85. The number of aromatic nitrogens is 2. The van der Waals surface area contributed by atoms with Gasteiger partial charge in [0, 0.05) is 19.6 Å². The molecular weight excluding hydrogens is 224 g/mol. The molecule has 0 aliphatic carbocycles. The summed E-state index contributed by atoms with van der Waals surface area (Å²) in [7, 11) is 1.98. The number of nitrogens with zero attached hydrogens (tertiary/aromatic N) is 3. The van der Waals surface area contributed by atoms with Crippen LogP contribution >= 0.6 is 0 Å². The predicted molar refractivity (Wildman–Crippen MR) is 74.2 cm³/mol. The van der Waals surface area contributed by atoms with Crippen LogP contribution in [0.5, 0.6) is 0 Å². The van der Waals surface area contributed by atoms with Gasteiger partial charge in [-0.2, -0.15) is 5.10 Å². The molecule has 4 nitrogen and oxygen atoms in total. The minimum atomic E-state index is 0.579. The molecule has 0 aromatic carbocycles. The fraction of sp³-hybridized carbons (Fsp3) is 0.786. The second-order valence-corrected chi connectivity index (χ2v) is 5.73. The van der Waals surface area contributed by atoms with Gasteiger partial charge in [0.1, 0.15) is 0 Å². The van der Waals surface area contributed by atoms with Crippen molar-refractivity contribution in [1.82, 2.24) is 14.7 Å². The molecule has 4 heteroatoms. The molecule has 1 aromatic heterocycles. The molecule has 2 N–H and O–H groups in total. The molecule has 1 aromatic rings. The first kappa shape index (κ1) is 13.6. The molecule has 102 valence electrons. The fourth-order valence-corrected chi connectivity index (χ4v) is 2.83. The molecule has 2 heterocycles. The Morgan fingerprint density at radius 2 is 2.06 bits per heavy atom. The van der Waals surface area contributed by atoms with Crippen molar-refractivity contribution in [2.75, 3.05) is 13.1 Å². The molecule has 1 aliphatic heterocycles. The summed E-state index contributed by atoms with van der Waals surface area (Å²) in [5.41, 5.74) is 8.02. The summed E-state index contributed by atoms with van der Waals surface area (Å²) >= 11 is 0. The van der Waals surface area contributed by atoms with Crippen molar-refractivity contribution in [3.63, 3.8) is 0 Å². The van der Waals surface area contributed by atoms with Crippen LogP contribution < -0.4 is 5.73 Å². The van der Waals surface area contributed by atoms with E-state index in [-0.39, 0.29) is 0 Å². The van der Waals surface area contributed by atoms with Crippen LogP contribution in [-0.4, -0.2) is 33.8 Å². The topological polar surface area (TPSA) is 47.1 Å². The van der Waals surface area contributed by atoms with Crippen molar-refractivity contribution in [2.24, 2.45) is 18.7 Å². The van der Waals surface area contributed by atoms with Gasteiger partial charge in [0.05, 0.1) is 11.4 Å².